The third-order valence-corrected chi connectivity index (χ3v) is 6.74. The van der Waals surface area contributed by atoms with Crippen molar-refractivity contribution in [2.24, 2.45) is 0 Å². The first-order valence-corrected chi connectivity index (χ1v) is 9.30. The SMILES string of the molecule is O=c1c(Br)c(C2CCCC2)[nH]n1C1CCS(=O)(=O)C1. The Kier molecular flexibility index (Phi) is 3.37. The summed E-state index contributed by atoms with van der Waals surface area (Å²) in [6.45, 7) is 0. The van der Waals surface area contributed by atoms with Gasteiger partial charge in [-0.2, -0.15) is 0 Å². The van der Waals surface area contributed by atoms with E-state index in [2.05, 4.69) is 21.0 Å². The maximum Gasteiger partial charge on any atom is 0.281 e. The maximum atomic E-state index is 12.2. The Balaban J connectivity index is 1.95. The molecule has 0 aromatic carbocycles. The zero-order valence-corrected chi connectivity index (χ0v) is 13.0. The van der Waals surface area contributed by atoms with E-state index in [4.69, 9.17) is 0 Å². The Morgan fingerprint density at radius 2 is 1.89 bits per heavy atom. The van der Waals surface area contributed by atoms with Gasteiger partial charge in [-0.15, -0.1) is 0 Å². The third kappa shape index (κ3) is 2.42. The van der Waals surface area contributed by atoms with E-state index in [-0.39, 0.29) is 23.1 Å². The Morgan fingerprint density at radius 3 is 2.47 bits per heavy atom. The highest BCUT2D eigenvalue weighted by Crippen LogP contribution is 2.36. The van der Waals surface area contributed by atoms with Crippen molar-refractivity contribution in [3.63, 3.8) is 0 Å². The molecule has 0 spiro atoms. The molecule has 0 radical (unpaired) electrons. The molecule has 1 saturated heterocycles. The average Bonchev–Trinajstić information content (AvgIpc) is 3.03. The van der Waals surface area contributed by atoms with Crippen molar-refractivity contribution < 1.29 is 8.42 Å². The lowest BCUT2D eigenvalue weighted by atomic mass is 10.1. The molecule has 2 aliphatic rings. The molecule has 1 atom stereocenters. The van der Waals surface area contributed by atoms with Gasteiger partial charge in [0.15, 0.2) is 9.84 Å². The second-order valence-electron chi connectivity index (χ2n) is 5.55. The summed E-state index contributed by atoms with van der Waals surface area (Å²) in [6.07, 6.45) is 5.12. The molecule has 1 aromatic heterocycles. The maximum absolute atomic E-state index is 12.2. The molecule has 19 heavy (non-hydrogen) atoms. The second-order valence-corrected chi connectivity index (χ2v) is 8.57. The van der Waals surface area contributed by atoms with Crippen molar-refractivity contribution in [3.8, 4) is 0 Å². The quantitative estimate of drug-likeness (QED) is 0.887. The smallest absolute Gasteiger partial charge is 0.281 e. The van der Waals surface area contributed by atoms with Gasteiger partial charge in [-0.3, -0.25) is 9.89 Å². The number of aromatic amines is 1. The van der Waals surface area contributed by atoms with Crippen molar-refractivity contribution in [2.75, 3.05) is 11.5 Å². The van der Waals surface area contributed by atoms with Crippen LogP contribution in [0.15, 0.2) is 9.27 Å². The summed E-state index contributed by atoms with van der Waals surface area (Å²) >= 11 is 3.37. The van der Waals surface area contributed by atoms with Gasteiger partial charge in [-0.1, -0.05) is 12.8 Å². The lowest BCUT2D eigenvalue weighted by Crippen LogP contribution is -2.23. The minimum atomic E-state index is -2.98. The molecule has 1 aromatic rings. The lowest BCUT2D eigenvalue weighted by Gasteiger charge is -2.10. The molecule has 1 N–H and O–H groups in total. The van der Waals surface area contributed by atoms with Gasteiger partial charge in [0.25, 0.3) is 5.56 Å². The van der Waals surface area contributed by atoms with Crippen molar-refractivity contribution in [3.05, 3.63) is 20.5 Å². The van der Waals surface area contributed by atoms with Crippen LogP contribution < -0.4 is 5.56 Å². The fraction of sp³-hybridized carbons (Fsp3) is 0.750. The zero-order valence-electron chi connectivity index (χ0n) is 10.6. The highest BCUT2D eigenvalue weighted by molar-refractivity contribution is 9.10. The highest BCUT2D eigenvalue weighted by Gasteiger charge is 2.32. The average molecular weight is 349 g/mol. The number of nitrogens with zero attached hydrogens (tertiary/aromatic N) is 1. The van der Waals surface area contributed by atoms with Crippen LogP contribution in [0.4, 0.5) is 0 Å². The van der Waals surface area contributed by atoms with Crippen LogP contribution in [0.1, 0.15) is 49.8 Å². The molecule has 1 aliphatic carbocycles. The Bertz CT molecular complexity index is 640. The van der Waals surface area contributed by atoms with Crippen LogP contribution in [0.5, 0.6) is 0 Å². The van der Waals surface area contributed by atoms with Crippen LogP contribution in [-0.2, 0) is 9.84 Å². The molecule has 7 heteroatoms. The predicted octanol–water partition coefficient (Wildman–Crippen LogP) is 1.96. The summed E-state index contributed by atoms with van der Waals surface area (Å²) in [5.41, 5.74) is 0.829. The largest absolute Gasteiger partial charge is 0.298 e. The van der Waals surface area contributed by atoms with E-state index in [1.165, 1.54) is 17.5 Å². The molecule has 0 bridgehead atoms. The first kappa shape index (κ1) is 13.4. The fourth-order valence-electron chi connectivity index (χ4n) is 3.17. The second kappa shape index (κ2) is 4.77. The Morgan fingerprint density at radius 1 is 1.21 bits per heavy atom. The summed E-state index contributed by atoms with van der Waals surface area (Å²) in [7, 11) is -2.98. The summed E-state index contributed by atoms with van der Waals surface area (Å²) in [5, 5.41) is 3.16. The van der Waals surface area contributed by atoms with Gasteiger partial charge < -0.3 is 0 Å². The van der Waals surface area contributed by atoms with Gasteiger partial charge in [0.2, 0.25) is 0 Å². The zero-order chi connectivity index (χ0) is 13.6. The number of sulfone groups is 1. The molecule has 0 amide bonds. The molecule has 106 valence electrons. The Hall–Kier alpha value is -0.560. The third-order valence-electron chi connectivity index (χ3n) is 4.22. The van der Waals surface area contributed by atoms with Crippen LogP contribution in [0.2, 0.25) is 0 Å². The van der Waals surface area contributed by atoms with Crippen LogP contribution in [0.3, 0.4) is 0 Å². The highest BCUT2D eigenvalue weighted by atomic mass is 79.9. The molecule has 5 nitrogen and oxygen atoms in total. The van der Waals surface area contributed by atoms with Gasteiger partial charge in [0.05, 0.1) is 23.2 Å². The summed E-state index contributed by atoms with van der Waals surface area (Å²) in [6, 6.07) is -0.232. The van der Waals surface area contributed by atoms with Crippen LogP contribution >= 0.6 is 15.9 Å². The van der Waals surface area contributed by atoms with Gasteiger partial charge in [-0.05, 0) is 35.2 Å². The molecule has 1 saturated carbocycles. The minimum Gasteiger partial charge on any atom is -0.298 e. The van der Waals surface area contributed by atoms with Crippen molar-refractivity contribution in [2.45, 2.75) is 44.1 Å². The van der Waals surface area contributed by atoms with Gasteiger partial charge in [0, 0.05) is 5.92 Å². The first-order valence-electron chi connectivity index (χ1n) is 6.68. The number of nitrogens with one attached hydrogen (secondary N) is 1. The number of halogens is 1. The number of H-pyrrole nitrogens is 1. The summed E-state index contributed by atoms with van der Waals surface area (Å²) < 4.78 is 25.2. The predicted molar refractivity (Wildman–Crippen MR) is 76.3 cm³/mol. The number of hydrogen-bond acceptors (Lipinski definition) is 3. The molecular formula is C12H17BrN2O3S. The van der Waals surface area contributed by atoms with Crippen LogP contribution in [0, 0.1) is 0 Å². The number of rotatable bonds is 2. The minimum absolute atomic E-state index is 0.0734. The van der Waals surface area contributed by atoms with E-state index in [1.807, 2.05) is 0 Å². The topological polar surface area (TPSA) is 71.9 Å². The van der Waals surface area contributed by atoms with Crippen LogP contribution in [-0.4, -0.2) is 29.7 Å². The van der Waals surface area contributed by atoms with Crippen LogP contribution in [0.25, 0.3) is 0 Å². The van der Waals surface area contributed by atoms with E-state index in [0.717, 1.165) is 18.5 Å². The van der Waals surface area contributed by atoms with Crippen molar-refractivity contribution >= 4 is 25.8 Å². The van der Waals surface area contributed by atoms with Gasteiger partial charge in [0.1, 0.15) is 4.47 Å². The summed E-state index contributed by atoms with van der Waals surface area (Å²) in [4.78, 5) is 12.2. The van der Waals surface area contributed by atoms with E-state index in [1.54, 1.807) is 0 Å². The van der Waals surface area contributed by atoms with Crippen molar-refractivity contribution in [1.29, 1.82) is 0 Å². The number of aromatic nitrogens is 2. The first-order chi connectivity index (χ1) is 8.98. The van der Waals surface area contributed by atoms with Gasteiger partial charge >= 0.3 is 0 Å². The summed E-state index contributed by atoms with van der Waals surface area (Å²) in [5.74, 6) is 0.657. The molecule has 1 aliphatic heterocycles. The fourth-order valence-corrected chi connectivity index (χ4v) is 5.47. The molecule has 1 unspecified atom stereocenters. The van der Waals surface area contributed by atoms with E-state index < -0.39 is 9.84 Å². The standard InChI is InChI=1S/C12H17BrN2O3S/c13-10-11(8-3-1-2-4-8)14-15(12(10)16)9-5-6-19(17,18)7-9/h8-9,14H,1-7H2. The molecule has 3 rings (SSSR count). The molecule has 2 heterocycles. The Labute approximate surface area is 120 Å². The normalized spacial score (nSPS) is 27.1. The van der Waals surface area contributed by atoms with E-state index in [0.29, 0.717) is 16.8 Å². The van der Waals surface area contributed by atoms with Gasteiger partial charge in [-0.25, -0.2) is 13.1 Å². The van der Waals surface area contributed by atoms with Crippen molar-refractivity contribution in [1.82, 2.24) is 9.78 Å². The van der Waals surface area contributed by atoms with E-state index in [9.17, 15) is 13.2 Å². The number of hydrogen-bond donors (Lipinski definition) is 1. The molecule has 2 fully saturated rings. The van der Waals surface area contributed by atoms with E-state index >= 15 is 0 Å². The lowest BCUT2D eigenvalue weighted by molar-refractivity contribution is 0.477. The molecular weight excluding hydrogens is 332 g/mol. The monoisotopic (exact) mass is 348 g/mol.